The van der Waals surface area contributed by atoms with Gasteiger partial charge in [0.2, 0.25) is 12.3 Å². The summed E-state index contributed by atoms with van der Waals surface area (Å²) in [5.74, 6) is -1.15. The Morgan fingerprint density at radius 2 is 1.95 bits per heavy atom. The van der Waals surface area contributed by atoms with Crippen molar-refractivity contribution in [2.24, 2.45) is 5.92 Å². The van der Waals surface area contributed by atoms with E-state index in [9.17, 15) is 9.59 Å². The Balaban J connectivity index is 4.20. The second-order valence-corrected chi connectivity index (χ2v) is 9.85. The molecule has 0 aromatic carbocycles. The molecule has 0 aromatic rings. The number of rotatable bonds is 10. The average Bonchev–Trinajstić information content (AvgIpc) is 2.39. The van der Waals surface area contributed by atoms with Gasteiger partial charge in [-0.3, -0.25) is 4.79 Å². The Hall–Kier alpha value is -0.230. The van der Waals surface area contributed by atoms with Crippen molar-refractivity contribution in [1.82, 2.24) is 5.32 Å². The minimum Gasteiger partial charge on any atom is -0.464 e. The molecule has 0 bridgehead atoms. The van der Waals surface area contributed by atoms with Crippen LogP contribution in [0.3, 0.4) is 0 Å². The van der Waals surface area contributed by atoms with Crippen molar-refractivity contribution in [3.63, 3.8) is 0 Å². The number of nitrogens with one attached hydrogen (secondary N) is 1. The second-order valence-electron chi connectivity index (χ2n) is 4.27. The summed E-state index contributed by atoms with van der Waals surface area (Å²) in [5.41, 5.74) is 0. The molecule has 1 amide bonds. The molecule has 8 heteroatoms. The first kappa shape index (κ1) is 19.8. The minimum absolute atomic E-state index is 0.0172. The van der Waals surface area contributed by atoms with E-state index in [2.05, 4.69) is 5.32 Å². The molecule has 0 saturated carbocycles. The van der Waals surface area contributed by atoms with Gasteiger partial charge < -0.3 is 14.8 Å². The number of esters is 1. The minimum atomic E-state index is -0.781. The maximum atomic E-state index is 11.8. The summed E-state index contributed by atoms with van der Waals surface area (Å²) in [6.07, 6.45) is 0.505. The number of carbonyl (C=O) groups excluding carboxylic acids is 2. The standard InChI is InChI=1S/C12H22NO4PS2/c1-5-16-8-18(19)20-7-10(14)13-11(9(3)4)12(15)17-6-2/h9,11H,5-8H2,1-4H3/p+1/t11-/m0/s1. The maximum Gasteiger partial charge on any atom is 0.328 e. The Kier molecular flexibility index (Phi) is 11.3. The third kappa shape index (κ3) is 8.84. The van der Waals surface area contributed by atoms with Crippen LogP contribution in [0.25, 0.3) is 0 Å². The van der Waals surface area contributed by atoms with Crippen molar-refractivity contribution in [2.75, 3.05) is 25.3 Å². The van der Waals surface area contributed by atoms with Gasteiger partial charge in [-0.05, 0) is 19.8 Å². The van der Waals surface area contributed by atoms with Crippen LogP contribution in [0.5, 0.6) is 0 Å². The molecule has 0 aliphatic rings. The van der Waals surface area contributed by atoms with Gasteiger partial charge in [0.05, 0.1) is 6.61 Å². The zero-order valence-corrected chi connectivity index (χ0v) is 14.9. The monoisotopic (exact) mass is 340 g/mol. The van der Waals surface area contributed by atoms with E-state index in [1.807, 2.05) is 20.8 Å². The van der Waals surface area contributed by atoms with Gasteiger partial charge in [-0.25, -0.2) is 4.79 Å². The Labute approximate surface area is 130 Å². The number of carbonyl (C=O) groups is 2. The van der Waals surface area contributed by atoms with Crippen molar-refractivity contribution in [1.29, 1.82) is 0 Å². The second kappa shape index (κ2) is 11.4. The molecule has 2 atom stereocenters. The van der Waals surface area contributed by atoms with Crippen molar-refractivity contribution < 1.29 is 19.1 Å². The molecular weight excluding hydrogens is 317 g/mol. The molecule has 5 nitrogen and oxygen atoms in total. The zero-order chi connectivity index (χ0) is 15.5. The van der Waals surface area contributed by atoms with Gasteiger partial charge in [0.15, 0.2) is 11.8 Å². The molecular formula is C12H23NO4PS2+. The molecule has 0 aromatic heterocycles. The molecule has 0 aliphatic carbocycles. The first-order valence-electron chi connectivity index (χ1n) is 6.53. The van der Waals surface area contributed by atoms with Crippen LogP contribution < -0.4 is 5.32 Å². The Morgan fingerprint density at radius 1 is 1.30 bits per heavy atom. The molecule has 116 valence electrons. The van der Waals surface area contributed by atoms with E-state index in [1.165, 1.54) is 11.4 Å². The predicted octanol–water partition coefficient (Wildman–Crippen LogP) is 2.28. The summed E-state index contributed by atoms with van der Waals surface area (Å²) in [7, 11) is 0. The van der Waals surface area contributed by atoms with E-state index >= 15 is 0 Å². The van der Waals surface area contributed by atoms with Gasteiger partial charge in [0.25, 0.3) is 5.90 Å². The van der Waals surface area contributed by atoms with Gasteiger partial charge in [0.1, 0.15) is 23.2 Å². The summed E-state index contributed by atoms with van der Waals surface area (Å²) >= 11 is 6.60. The van der Waals surface area contributed by atoms with Crippen LogP contribution in [0, 0.1) is 5.92 Å². The van der Waals surface area contributed by atoms with Crippen molar-refractivity contribution in [2.45, 2.75) is 33.7 Å². The third-order valence-electron chi connectivity index (χ3n) is 2.26. The molecule has 1 unspecified atom stereocenters. The molecule has 0 spiro atoms. The van der Waals surface area contributed by atoms with Gasteiger partial charge in [-0.15, -0.1) is 0 Å². The fraction of sp³-hybridized carbons (Fsp3) is 0.833. The first-order chi connectivity index (χ1) is 9.42. The fourth-order valence-electron chi connectivity index (χ4n) is 1.28. The van der Waals surface area contributed by atoms with E-state index in [0.717, 1.165) is 0 Å². The van der Waals surface area contributed by atoms with Crippen LogP contribution >= 0.6 is 17.3 Å². The lowest BCUT2D eigenvalue weighted by Gasteiger charge is -2.19. The summed E-state index contributed by atoms with van der Waals surface area (Å²) < 4.78 is 10.2. The summed E-state index contributed by atoms with van der Waals surface area (Å²) in [6, 6.07) is -0.605. The van der Waals surface area contributed by atoms with Crippen molar-refractivity contribution in [3.05, 3.63) is 0 Å². The zero-order valence-electron chi connectivity index (χ0n) is 12.4. The van der Waals surface area contributed by atoms with Crippen LogP contribution in [0.1, 0.15) is 27.7 Å². The Morgan fingerprint density at radius 3 is 2.45 bits per heavy atom. The molecule has 0 radical (unpaired) electrons. The van der Waals surface area contributed by atoms with Crippen molar-refractivity contribution in [3.8, 4) is 0 Å². The number of hydrogen-bond donors (Lipinski definition) is 1. The van der Waals surface area contributed by atoms with E-state index < -0.39 is 17.9 Å². The van der Waals surface area contributed by atoms with Gasteiger partial charge >= 0.3 is 5.97 Å². The molecule has 0 saturated heterocycles. The molecule has 1 N–H and O–H groups in total. The molecule has 0 rings (SSSR count). The summed E-state index contributed by atoms with van der Waals surface area (Å²) in [4.78, 5) is 23.5. The summed E-state index contributed by atoms with van der Waals surface area (Å²) in [5, 5.41) is 2.70. The fourth-order valence-corrected chi connectivity index (χ4v) is 3.96. The molecule has 0 fully saturated rings. The maximum absolute atomic E-state index is 11.8. The quantitative estimate of drug-likeness (QED) is 0.486. The normalized spacial score (nSPS) is 12.9. The molecule has 20 heavy (non-hydrogen) atoms. The topological polar surface area (TPSA) is 64.6 Å². The lowest BCUT2D eigenvalue weighted by Crippen LogP contribution is -2.46. The van der Waals surface area contributed by atoms with Crippen LogP contribution in [-0.4, -0.2) is 43.2 Å². The smallest absolute Gasteiger partial charge is 0.328 e. The first-order valence-corrected chi connectivity index (χ1v) is 10.7. The van der Waals surface area contributed by atoms with Gasteiger partial charge in [0, 0.05) is 6.61 Å². The summed E-state index contributed by atoms with van der Waals surface area (Å²) in [6.45, 7) is 8.31. The van der Waals surface area contributed by atoms with Crippen molar-refractivity contribution >= 4 is 41.0 Å². The highest BCUT2D eigenvalue weighted by atomic mass is 32.9. The number of hydrogen-bond acceptors (Lipinski definition) is 6. The molecule has 0 heterocycles. The van der Waals surface area contributed by atoms with E-state index in [4.69, 9.17) is 21.3 Å². The highest BCUT2D eigenvalue weighted by molar-refractivity contribution is 8.64. The Bertz CT molecular complexity index is 339. The SMILES string of the molecule is CCOC[P+](=S)SCC(=O)N[C@H](C(=O)OCC)C(C)C. The average molecular weight is 340 g/mol. The predicted molar refractivity (Wildman–Crippen MR) is 86.6 cm³/mol. The highest BCUT2D eigenvalue weighted by Crippen LogP contribution is 2.37. The van der Waals surface area contributed by atoms with Gasteiger partial charge in [-0.1, -0.05) is 13.8 Å². The lowest BCUT2D eigenvalue weighted by atomic mass is 10.0. The van der Waals surface area contributed by atoms with Crippen LogP contribution in [-0.2, 0) is 30.9 Å². The van der Waals surface area contributed by atoms with Crippen LogP contribution in [0.2, 0.25) is 0 Å². The largest absolute Gasteiger partial charge is 0.464 e. The van der Waals surface area contributed by atoms with Crippen LogP contribution in [0.4, 0.5) is 0 Å². The third-order valence-corrected chi connectivity index (χ3v) is 6.17. The van der Waals surface area contributed by atoms with E-state index in [-0.39, 0.29) is 17.6 Å². The number of amides is 1. The van der Waals surface area contributed by atoms with E-state index in [0.29, 0.717) is 19.6 Å². The number of ether oxygens (including phenoxy) is 2. The molecule has 0 aliphatic heterocycles. The van der Waals surface area contributed by atoms with E-state index in [1.54, 1.807) is 6.92 Å². The van der Waals surface area contributed by atoms with Gasteiger partial charge in [-0.2, -0.15) is 0 Å². The highest BCUT2D eigenvalue weighted by Gasteiger charge is 2.26. The lowest BCUT2D eigenvalue weighted by molar-refractivity contribution is -0.148. The van der Waals surface area contributed by atoms with Crippen LogP contribution in [0.15, 0.2) is 0 Å².